The largest absolute Gasteiger partial charge is 0.491 e. The zero-order valence-electron chi connectivity index (χ0n) is 13.1. The van der Waals surface area contributed by atoms with Crippen LogP contribution in [0.25, 0.3) is 10.8 Å². The third kappa shape index (κ3) is 4.72. The molecule has 0 aliphatic carbocycles. The van der Waals surface area contributed by atoms with Crippen LogP contribution in [0.3, 0.4) is 0 Å². The highest BCUT2D eigenvalue weighted by atomic mass is 16.6. The lowest BCUT2D eigenvalue weighted by Gasteiger charge is -2.12. The molecule has 122 valence electrons. The van der Waals surface area contributed by atoms with Crippen LogP contribution >= 0.6 is 0 Å². The summed E-state index contributed by atoms with van der Waals surface area (Å²) in [7, 11) is 1.64. The maximum atomic E-state index is 11.0. The quantitative estimate of drug-likeness (QED) is 0.404. The van der Waals surface area contributed by atoms with Crippen molar-refractivity contribution in [1.82, 2.24) is 0 Å². The molecule has 0 atom stereocenters. The van der Waals surface area contributed by atoms with Gasteiger partial charge in [-0.2, -0.15) is 0 Å². The summed E-state index contributed by atoms with van der Waals surface area (Å²) in [5.41, 5.74) is 0. The minimum atomic E-state index is -0.458. The van der Waals surface area contributed by atoms with E-state index in [9.17, 15) is 4.79 Å². The fourth-order valence-electron chi connectivity index (χ4n) is 2.09. The number of hydrogen-bond donors (Lipinski definition) is 0. The molecule has 0 heterocycles. The van der Waals surface area contributed by atoms with E-state index in [0.29, 0.717) is 19.0 Å². The van der Waals surface area contributed by atoms with Crippen molar-refractivity contribution in [2.45, 2.75) is 0 Å². The van der Waals surface area contributed by atoms with Crippen molar-refractivity contribution in [3.63, 3.8) is 0 Å². The first-order valence-corrected chi connectivity index (χ1v) is 7.31. The van der Waals surface area contributed by atoms with Crippen LogP contribution in [-0.4, -0.2) is 39.5 Å². The number of benzene rings is 2. The number of rotatable bonds is 9. The molecule has 0 bridgehead atoms. The number of methoxy groups -OCH3 is 1. The Balaban J connectivity index is 2.07. The molecule has 2 rings (SSSR count). The summed E-state index contributed by atoms with van der Waals surface area (Å²) in [6.07, 6.45) is 1.13. The van der Waals surface area contributed by atoms with Gasteiger partial charge in [0.2, 0.25) is 0 Å². The van der Waals surface area contributed by atoms with Crippen LogP contribution in [0.5, 0.6) is 11.5 Å². The molecular weight excluding hydrogens is 296 g/mol. The molecule has 2 aromatic rings. The summed E-state index contributed by atoms with van der Waals surface area (Å²) in [4.78, 5) is 11.0. The van der Waals surface area contributed by atoms with Gasteiger partial charge in [0, 0.05) is 24.0 Å². The highest BCUT2D eigenvalue weighted by Gasteiger charge is 2.07. The standard InChI is InChI=1S/C18H20O5/c1-3-18(19)23-13-12-22-17-9-5-6-14-15(17)7-4-8-16(14)21-11-10-20-2/h3-9H,1,10-13H2,2H3. The first-order valence-electron chi connectivity index (χ1n) is 7.31. The van der Waals surface area contributed by atoms with Gasteiger partial charge in [-0.25, -0.2) is 4.79 Å². The second-order valence-electron chi connectivity index (χ2n) is 4.67. The zero-order valence-corrected chi connectivity index (χ0v) is 13.1. The van der Waals surface area contributed by atoms with Gasteiger partial charge in [-0.3, -0.25) is 0 Å². The zero-order chi connectivity index (χ0) is 16.5. The van der Waals surface area contributed by atoms with Crippen molar-refractivity contribution in [3.05, 3.63) is 49.1 Å². The van der Waals surface area contributed by atoms with Crippen LogP contribution < -0.4 is 9.47 Å². The predicted octanol–water partition coefficient (Wildman–Crippen LogP) is 2.97. The van der Waals surface area contributed by atoms with Crippen LogP contribution in [-0.2, 0) is 14.3 Å². The van der Waals surface area contributed by atoms with Crippen LogP contribution in [0.15, 0.2) is 49.1 Å². The Morgan fingerprint density at radius 2 is 1.52 bits per heavy atom. The predicted molar refractivity (Wildman–Crippen MR) is 88.0 cm³/mol. The molecule has 0 fully saturated rings. The topological polar surface area (TPSA) is 54.0 Å². The third-order valence-electron chi connectivity index (χ3n) is 3.14. The van der Waals surface area contributed by atoms with E-state index in [-0.39, 0.29) is 13.2 Å². The van der Waals surface area contributed by atoms with Crippen LogP contribution in [0.2, 0.25) is 0 Å². The summed E-state index contributed by atoms with van der Waals surface area (Å²) in [5.74, 6) is 1.04. The van der Waals surface area contributed by atoms with E-state index in [0.717, 1.165) is 22.6 Å². The number of carbonyl (C=O) groups is 1. The van der Waals surface area contributed by atoms with Gasteiger partial charge < -0.3 is 18.9 Å². The highest BCUT2D eigenvalue weighted by molar-refractivity contribution is 5.93. The van der Waals surface area contributed by atoms with Crippen molar-refractivity contribution in [2.24, 2.45) is 0 Å². The summed E-state index contributed by atoms with van der Waals surface area (Å²) in [6, 6.07) is 11.5. The van der Waals surface area contributed by atoms with E-state index in [4.69, 9.17) is 18.9 Å². The lowest BCUT2D eigenvalue weighted by Crippen LogP contribution is -2.10. The van der Waals surface area contributed by atoms with Gasteiger partial charge >= 0.3 is 5.97 Å². The highest BCUT2D eigenvalue weighted by Crippen LogP contribution is 2.32. The number of carbonyl (C=O) groups excluding carboxylic acids is 1. The molecule has 0 spiro atoms. The summed E-state index contributed by atoms with van der Waals surface area (Å²) in [6.45, 7) is 4.80. The van der Waals surface area contributed by atoms with E-state index in [1.165, 1.54) is 0 Å². The van der Waals surface area contributed by atoms with Gasteiger partial charge in [-0.1, -0.05) is 30.8 Å². The minimum Gasteiger partial charge on any atom is -0.491 e. The van der Waals surface area contributed by atoms with E-state index in [1.54, 1.807) is 7.11 Å². The van der Waals surface area contributed by atoms with Crippen molar-refractivity contribution in [2.75, 3.05) is 33.5 Å². The molecule has 2 aromatic carbocycles. The Hall–Kier alpha value is -2.53. The molecule has 0 aliphatic heterocycles. The SMILES string of the molecule is C=CC(=O)OCCOc1cccc2c(OCCOC)cccc12. The van der Waals surface area contributed by atoms with Gasteiger partial charge in [0.05, 0.1) is 6.61 Å². The normalized spacial score (nSPS) is 10.3. The molecule has 0 N–H and O–H groups in total. The molecule has 0 aliphatic rings. The maximum Gasteiger partial charge on any atom is 0.330 e. The molecule has 0 radical (unpaired) electrons. The first-order chi connectivity index (χ1) is 11.3. The second kappa shape index (κ2) is 8.80. The number of esters is 1. The number of fused-ring (bicyclic) bond motifs is 1. The summed E-state index contributed by atoms with van der Waals surface area (Å²) < 4.78 is 21.3. The maximum absolute atomic E-state index is 11.0. The van der Waals surface area contributed by atoms with Crippen LogP contribution in [0, 0.1) is 0 Å². The van der Waals surface area contributed by atoms with E-state index in [1.807, 2.05) is 36.4 Å². The Bertz CT molecular complexity index is 666. The molecule has 0 amide bonds. The van der Waals surface area contributed by atoms with E-state index in [2.05, 4.69) is 6.58 Å². The van der Waals surface area contributed by atoms with Gasteiger partial charge in [-0.15, -0.1) is 0 Å². The molecular formula is C18H20O5. The van der Waals surface area contributed by atoms with Crippen molar-refractivity contribution >= 4 is 16.7 Å². The van der Waals surface area contributed by atoms with Crippen molar-refractivity contribution < 1.29 is 23.7 Å². The van der Waals surface area contributed by atoms with Crippen LogP contribution in [0.4, 0.5) is 0 Å². The van der Waals surface area contributed by atoms with Crippen molar-refractivity contribution in [3.8, 4) is 11.5 Å². The fourth-order valence-corrected chi connectivity index (χ4v) is 2.09. The second-order valence-corrected chi connectivity index (χ2v) is 4.67. The Kier molecular flexibility index (Phi) is 6.44. The van der Waals surface area contributed by atoms with E-state index >= 15 is 0 Å². The van der Waals surface area contributed by atoms with Crippen molar-refractivity contribution in [1.29, 1.82) is 0 Å². The van der Waals surface area contributed by atoms with Gasteiger partial charge in [0.15, 0.2) is 0 Å². The molecule has 0 unspecified atom stereocenters. The Morgan fingerprint density at radius 3 is 2.04 bits per heavy atom. The smallest absolute Gasteiger partial charge is 0.330 e. The molecule has 23 heavy (non-hydrogen) atoms. The van der Waals surface area contributed by atoms with E-state index < -0.39 is 5.97 Å². The fraction of sp³-hybridized carbons (Fsp3) is 0.278. The third-order valence-corrected chi connectivity index (χ3v) is 3.14. The average molecular weight is 316 g/mol. The number of ether oxygens (including phenoxy) is 4. The van der Waals surface area contributed by atoms with Crippen LogP contribution in [0.1, 0.15) is 0 Å². The monoisotopic (exact) mass is 316 g/mol. The molecule has 0 saturated carbocycles. The number of hydrogen-bond acceptors (Lipinski definition) is 5. The summed E-state index contributed by atoms with van der Waals surface area (Å²) >= 11 is 0. The lowest BCUT2D eigenvalue weighted by molar-refractivity contribution is -0.138. The molecule has 0 saturated heterocycles. The van der Waals surface area contributed by atoms with Gasteiger partial charge in [0.25, 0.3) is 0 Å². The molecule has 5 heteroatoms. The molecule has 5 nitrogen and oxygen atoms in total. The first kappa shape index (κ1) is 16.8. The minimum absolute atomic E-state index is 0.172. The lowest BCUT2D eigenvalue weighted by atomic mass is 10.1. The van der Waals surface area contributed by atoms with Gasteiger partial charge in [0.1, 0.15) is 31.3 Å². The molecule has 0 aromatic heterocycles. The summed E-state index contributed by atoms with van der Waals surface area (Å²) in [5, 5.41) is 1.90. The average Bonchev–Trinajstić information content (AvgIpc) is 2.59. The van der Waals surface area contributed by atoms with Gasteiger partial charge in [-0.05, 0) is 12.1 Å². The Labute approximate surface area is 135 Å². The Morgan fingerprint density at radius 1 is 0.957 bits per heavy atom.